The third-order valence-electron chi connectivity index (χ3n) is 6.28. The van der Waals surface area contributed by atoms with Crippen molar-refractivity contribution < 1.29 is 18.9 Å². The van der Waals surface area contributed by atoms with E-state index in [0.29, 0.717) is 19.5 Å². The first-order chi connectivity index (χ1) is 18.4. The lowest BCUT2D eigenvalue weighted by Gasteiger charge is -2.13. The van der Waals surface area contributed by atoms with E-state index in [9.17, 15) is 19.7 Å². The third-order valence-corrected chi connectivity index (χ3v) is 6.28. The van der Waals surface area contributed by atoms with E-state index in [1.165, 1.54) is 48.1 Å². The SMILES string of the molecule is CCCCCc1ccc(-c2cn(CCCCCN3C(=O)CN(/N=C/c4ccc([N+](=O)[O-])o4)C3=O)nn2)cc1. The number of aryl methyl sites for hydroxylation is 2. The Kier molecular flexibility index (Phi) is 8.96. The normalized spacial score (nSPS) is 13.8. The summed E-state index contributed by atoms with van der Waals surface area (Å²) in [6.45, 7) is 3.01. The van der Waals surface area contributed by atoms with Crippen molar-refractivity contribution in [3.05, 3.63) is 64.0 Å². The van der Waals surface area contributed by atoms with Crippen molar-refractivity contribution in [1.82, 2.24) is 24.9 Å². The molecule has 1 saturated heterocycles. The van der Waals surface area contributed by atoms with Gasteiger partial charge in [0.15, 0.2) is 5.76 Å². The smallest absolute Gasteiger partial charge is 0.400 e. The van der Waals surface area contributed by atoms with E-state index in [1.54, 1.807) is 0 Å². The number of carbonyl (C=O) groups excluding carboxylic acids is 2. The van der Waals surface area contributed by atoms with Gasteiger partial charge in [0.2, 0.25) is 0 Å². The van der Waals surface area contributed by atoms with Gasteiger partial charge in [-0.15, -0.1) is 5.10 Å². The summed E-state index contributed by atoms with van der Waals surface area (Å²) in [6.07, 6.45) is 10.2. The highest BCUT2D eigenvalue weighted by atomic mass is 16.6. The Hall–Kier alpha value is -4.35. The van der Waals surface area contributed by atoms with Crippen molar-refractivity contribution in [1.29, 1.82) is 0 Å². The number of amides is 3. The number of nitrogens with zero attached hydrogens (tertiary/aromatic N) is 7. The molecule has 12 heteroatoms. The van der Waals surface area contributed by atoms with Crippen molar-refractivity contribution >= 4 is 24.0 Å². The van der Waals surface area contributed by atoms with Crippen molar-refractivity contribution in [2.75, 3.05) is 13.1 Å². The van der Waals surface area contributed by atoms with Crippen LogP contribution >= 0.6 is 0 Å². The first-order valence-electron chi connectivity index (χ1n) is 12.8. The Labute approximate surface area is 220 Å². The van der Waals surface area contributed by atoms with E-state index < -0.39 is 16.8 Å². The second kappa shape index (κ2) is 12.7. The molecule has 38 heavy (non-hydrogen) atoms. The number of imide groups is 1. The Balaban J connectivity index is 1.18. The Morgan fingerprint density at radius 3 is 2.58 bits per heavy atom. The maximum atomic E-state index is 12.5. The van der Waals surface area contributed by atoms with E-state index in [-0.39, 0.29) is 18.2 Å². The lowest BCUT2D eigenvalue weighted by Crippen LogP contribution is -2.32. The molecular weight excluding hydrogens is 490 g/mol. The van der Waals surface area contributed by atoms with Gasteiger partial charge in [0.05, 0.1) is 18.5 Å². The molecule has 0 spiro atoms. The van der Waals surface area contributed by atoms with Gasteiger partial charge in [-0.1, -0.05) is 49.2 Å². The van der Waals surface area contributed by atoms with E-state index in [2.05, 4.69) is 46.6 Å². The highest BCUT2D eigenvalue weighted by Crippen LogP contribution is 2.19. The molecule has 4 rings (SSSR count). The summed E-state index contributed by atoms with van der Waals surface area (Å²) in [6, 6.07) is 10.5. The van der Waals surface area contributed by atoms with Gasteiger partial charge in [-0.05, 0) is 43.7 Å². The van der Waals surface area contributed by atoms with Crippen LogP contribution in [0.4, 0.5) is 10.7 Å². The Morgan fingerprint density at radius 2 is 1.84 bits per heavy atom. The quantitative estimate of drug-likeness (QED) is 0.0989. The summed E-state index contributed by atoms with van der Waals surface area (Å²) in [5, 5.41) is 24.2. The van der Waals surface area contributed by atoms with Crippen LogP contribution in [0, 0.1) is 10.1 Å². The van der Waals surface area contributed by atoms with Gasteiger partial charge in [0.25, 0.3) is 5.91 Å². The largest absolute Gasteiger partial charge is 0.433 e. The predicted molar refractivity (Wildman–Crippen MR) is 139 cm³/mol. The molecule has 0 radical (unpaired) electrons. The Bertz CT molecular complexity index is 1280. The van der Waals surface area contributed by atoms with Crippen LogP contribution in [-0.2, 0) is 17.8 Å². The van der Waals surface area contributed by atoms with Crippen molar-refractivity contribution in [3.63, 3.8) is 0 Å². The van der Waals surface area contributed by atoms with Crippen LogP contribution in [0.15, 0.2) is 52.1 Å². The number of unbranched alkanes of at least 4 members (excludes halogenated alkanes) is 4. The van der Waals surface area contributed by atoms with Crippen LogP contribution in [0.25, 0.3) is 11.3 Å². The van der Waals surface area contributed by atoms with E-state index >= 15 is 0 Å². The van der Waals surface area contributed by atoms with Crippen molar-refractivity contribution in [2.45, 2.75) is 58.4 Å². The number of aromatic nitrogens is 3. The summed E-state index contributed by atoms with van der Waals surface area (Å²) >= 11 is 0. The molecule has 0 N–H and O–H groups in total. The molecule has 1 aliphatic heterocycles. The van der Waals surface area contributed by atoms with Crippen LogP contribution in [-0.4, -0.2) is 61.1 Å². The van der Waals surface area contributed by atoms with Gasteiger partial charge in [0, 0.05) is 18.7 Å². The molecular formula is C26H31N7O5. The first kappa shape index (κ1) is 26.7. The summed E-state index contributed by atoms with van der Waals surface area (Å²) in [5.74, 6) is -0.646. The van der Waals surface area contributed by atoms with Crippen molar-refractivity contribution in [2.24, 2.45) is 5.10 Å². The molecule has 0 atom stereocenters. The molecule has 3 amide bonds. The Morgan fingerprint density at radius 1 is 1.05 bits per heavy atom. The zero-order chi connectivity index (χ0) is 26.9. The van der Waals surface area contributed by atoms with Gasteiger partial charge >= 0.3 is 11.9 Å². The minimum Gasteiger partial charge on any atom is -0.400 e. The topological polar surface area (TPSA) is 140 Å². The fraction of sp³-hybridized carbons (Fsp3) is 0.423. The lowest BCUT2D eigenvalue weighted by molar-refractivity contribution is -0.402. The fourth-order valence-electron chi connectivity index (χ4n) is 4.16. The second-order valence-corrected chi connectivity index (χ2v) is 9.14. The van der Waals surface area contributed by atoms with Gasteiger partial charge in [-0.3, -0.25) is 24.5 Å². The molecule has 12 nitrogen and oxygen atoms in total. The number of benzene rings is 1. The number of hydrogen-bond acceptors (Lipinski definition) is 8. The second-order valence-electron chi connectivity index (χ2n) is 9.14. The van der Waals surface area contributed by atoms with Gasteiger partial charge < -0.3 is 4.42 Å². The molecule has 0 saturated carbocycles. The molecule has 1 aromatic carbocycles. The maximum absolute atomic E-state index is 12.5. The van der Waals surface area contributed by atoms with Crippen LogP contribution in [0.2, 0.25) is 0 Å². The summed E-state index contributed by atoms with van der Waals surface area (Å²) in [4.78, 5) is 36.0. The number of furan rings is 1. The fourth-order valence-corrected chi connectivity index (χ4v) is 4.16. The third kappa shape index (κ3) is 6.90. The number of hydrazone groups is 1. The highest BCUT2D eigenvalue weighted by molar-refractivity contribution is 6.02. The van der Waals surface area contributed by atoms with Crippen LogP contribution < -0.4 is 0 Å². The maximum Gasteiger partial charge on any atom is 0.433 e. The highest BCUT2D eigenvalue weighted by Gasteiger charge is 2.35. The van der Waals surface area contributed by atoms with E-state index in [4.69, 9.17) is 4.42 Å². The molecule has 3 aromatic rings. The van der Waals surface area contributed by atoms with E-state index in [0.717, 1.165) is 35.5 Å². The summed E-state index contributed by atoms with van der Waals surface area (Å²) in [5.41, 5.74) is 3.21. The van der Waals surface area contributed by atoms with Crippen LogP contribution in [0.1, 0.15) is 56.8 Å². The minimum absolute atomic E-state index is 0.117. The predicted octanol–water partition coefficient (Wildman–Crippen LogP) is 4.65. The van der Waals surface area contributed by atoms with Crippen LogP contribution in [0.3, 0.4) is 0 Å². The molecule has 3 heterocycles. The van der Waals surface area contributed by atoms with Gasteiger partial charge in [-0.2, -0.15) is 5.10 Å². The number of urea groups is 1. The molecule has 1 aliphatic rings. The minimum atomic E-state index is -0.668. The molecule has 0 unspecified atom stereocenters. The van der Waals surface area contributed by atoms with Crippen molar-refractivity contribution in [3.8, 4) is 11.3 Å². The molecule has 200 valence electrons. The molecule has 0 aliphatic carbocycles. The zero-order valence-electron chi connectivity index (χ0n) is 21.4. The number of hydrogen-bond donors (Lipinski definition) is 0. The average Bonchev–Trinajstić information content (AvgIpc) is 3.64. The van der Waals surface area contributed by atoms with Crippen LogP contribution in [0.5, 0.6) is 0 Å². The molecule has 1 fully saturated rings. The number of carbonyl (C=O) groups is 2. The van der Waals surface area contributed by atoms with E-state index in [1.807, 2.05) is 10.9 Å². The number of rotatable bonds is 14. The average molecular weight is 522 g/mol. The lowest BCUT2D eigenvalue weighted by atomic mass is 10.0. The first-order valence-corrected chi connectivity index (χ1v) is 12.8. The molecule has 0 bridgehead atoms. The monoisotopic (exact) mass is 521 g/mol. The summed E-state index contributed by atoms with van der Waals surface area (Å²) in [7, 11) is 0. The summed E-state index contributed by atoms with van der Waals surface area (Å²) < 4.78 is 6.78. The van der Waals surface area contributed by atoms with Gasteiger partial charge in [-0.25, -0.2) is 9.80 Å². The standard InChI is InChI=1S/C26H31N7O5/c1-2-3-5-8-20-9-11-21(12-10-20)23-18-30(29-28-23)15-6-4-7-16-31-24(34)19-32(26(31)35)27-17-22-13-14-25(38-22)33(36)37/h9-14,17-18H,2-8,15-16,19H2,1H3/b27-17+. The zero-order valence-corrected chi connectivity index (χ0v) is 21.4. The van der Waals surface area contributed by atoms with Gasteiger partial charge in [0.1, 0.15) is 17.2 Å². The number of nitro groups is 1. The molecule has 2 aromatic heterocycles.